The van der Waals surface area contributed by atoms with Crippen LogP contribution < -0.4 is 19.9 Å². The molecule has 150 valence electrons. The Labute approximate surface area is 166 Å². The van der Waals surface area contributed by atoms with E-state index >= 15 is 0 Å². The molecule has 5 heteroatoms. The molecule has 2 N–H and O–H groups in total. The third kappa shape index (κ3) is 3.79. The van der Waals surface area contributed by atoms with E-state index in [1.807, 2.05) is 45.0 Å². The van der Waals surface area contributed by atoms with Gasteiger partial charge in [0.1, 0.15) is 29.5 Å². The largest absolute Gasteiger partial charge is 0.489 e. The average molecular weight is 383 g/mol. The Hall–Kier alpha value is -2.69. The second-order valence-corrected chi connectivity index (χ2v) is 7.60. The van der Waals surface area contributed by atoms with Crippen molar-refractivity contribution in [3.63, 3.8) is 0 Å². The molecule has 0 spiro atoms. The van der Waals surface area contributed by atoms with Gasteiger partial charge in [-0.05, 0) is 81.0 Å². The van der Waals surface area contributed by atoms with Crippen molar-refractivity contribution >= 4 is 11.7 Å². The zero-order chi connectivity index (χ0) is 20.5. The molecule has 5 nitrogen and oxygen atoms in total. The quantitative estimate of drug-likeness (QED) is 0.461. The van der Waals surface area contributed by atoms with E-state index < -0.39 is 0 Å². The van der Waals surface area contributed by atoms with Crippen molar-refractivity contribution < 1.29 is 19.0 Å². The number of anilines is 1. The second kappa shape index (κ2) is 7.74. The lowest BCUT2D eigenvalue weighted by Crippen LogP contribution is -2.45. The number of esters is 1. The minimum atomic E-state index is -0.388. The van der Waals surface area contributed by atoms with Crippen molar-refractivity contribution in [2.24, 2.45) is 0 Å². The maximum Gasteiger partial charge on any atom is 0.308 e. The number of nitrogens with two attached hydrogens (primary N) is 1. The van der Waals surface area contributed by atoms with Crippen LogP contribution in [0.2, 0.25) is 0 Å². The van der Waals surface area contributed by atoms with Gasteiger partial charge in [-0.1, -0.05) is 6.92 Å². The van der Waals surface area contributed by atoms with E-state index in [0.29, 0.717) is 18.0 Å². The highest BCUT2D eigenvalue weighted by molar-refractivity contribution is 5.72. The van der Waals surface area contributed by atoms with Gasteiger partial charge in [0.25, 0.3) is 0 Å². The molecule has 1 heterocycles. The van der Waals surface area contributed by atoms with Crippen molar-refractivity contribution in [3.8, 4) is 17.2 Å². The molecule has 0 aliphatic carbocycles. The molecule has 1 atom stereocenters. The van der Waals surface area contributed by atoms with E-state index in [1.165, 1.54) is 6.92 Å². The van der Waals surface area contributed by atoms with Gasteiger partial charge in [0.15, 0.2) is 0 Å². The predicted molar refractivity (Wildman–Crippen MR) is 110 cm³/mol. The molecule has 1 aliphatic heterocycles. The van der Waals surface area contributed by atoms with Crippen LogP contribution in [0.1, 0.15) is 48.9 Å². The number of ether oxygens (including phenoxy) is 3. The first kappa shape index (κ1) is 20.1. The first-order valence-electron chi connectivity index (χ1n) is 9.74. The fourth-order valence-electron chi connectivity index (χ4n) is 3.74. The van der Waals surface area contributed by atoms with Gasteiger partial charge in [0.05, 0.1) is 0 Å². The van der Waals surface area contributed by atoms with Gasteiger partial charge >= 0.3 is 5.97 Å². The number of nitrogen functional groups attached to an aromatic ring is 1. The zero-order valence-electron chi connectivity index (χ0n) is 17.3. The van der Waals surface area contributed by atoms with Crippen molar-refractivity contribution in [1.82, 2.24) is 0 Å². The molecule has 0 bridgehead atoms. The molecule has 0 fully saturated rings. The summed E-state index contributed by atoms with van der Waals surface area (Å²) in [6, 6.07) is 7.41. The molecule has 2 aromatic rings. The van der Waals surface area contributed by atoms with Crippen molar-refractivity contribution in [3.05, 3.63) is 46.5 Å². The fourth-order valence-corrected chi connectivity index (χ4v) is 3.74. The minimum absolute atomic E-state index is 0.304. The molecule has 0 aromatic heterocycles. The molecule has 1 aliphatic rings. The van der Waals surface area contributed by atoms with Crippen LogP contribution in [-0.4, -0.2) is 18.2 Å². The number of hydrogen-bond acceptors (Lipinski definition) is 5. The standard InChI is InChI=1S/C23H29NO4/c1-6-23(13-26-19-9-7-18(24)8-10-19)12-11-20-16(4)21(27-17(5)25)14(2)15(3)22(20)28-23/h7-10H,6,11-13,24H2,1-5H3. The summed E-state index contributed by atoms with van der Waals surface area (Å²) >= 11 is 0. The molecule has 0 radical (unpaired) electrons. The third-order valence-electron chi connectivity index (χ3n) is 5.73. The summed E-state index contributed by atoms with van der Waals surface area (Å²) in [4.78, 5) is 11.5. The molecular formula is C23H29NO4. The van der Waals surface area contributed by atoms with Gasteiger partial charge in [-0.25, -0.2) is 0 Å². The molecule has 0 amide bonds. The Morgan fingerprint density at radius 1 is 1.14 bits per heavy atom. The van der Waals surface area contributed by atoms with E-state index in [-0.39, 0.29) is 11.6 Å². The van der Waals surface area contributed by atoms with Crippen molar-refractivity contribution in [1.29, 1.82) is 0 Å². The van der Waals surface area contributed by atoms with Gasteiger partial charge in [-0.3, -0.25) is 4.79 Å². The number of rotatable bonds is 5. The lowest BCUT2D eigenvalue weighted by Gasteiger charge is -2.39. The van der Waals surface area contributed by atoms with Crippen LogP contribution in [0, 0.1) is 20.8 Å². The maximum atomic E-state index is 11.5. The van der Waals surface area contributed by atoms with E-state index in [2.05, 4.69) is 6.92 Å². The maximum absolute atomic E-state index is 11.5. The minimum Gasteiger partial charge on any atom is -0.489 e. The van der Waals surface area contributed by atoms with Crippen LogP contribution in [0.15, 0.2) is 24.3 Å². The molecule has 0 saturated carbocycles. The monoisotopic (exact) mass is 383 g/mol. The summed E-state index contributed by atoms with van der Waals surface area (Å²) in [5.74, 6) is 2.04. The molecule has 0 saturated heterocycles. The number of hydrogen-bond donors (Lipinski definition) is 1. The van der Waals surface area contributed by atoms with Crippen LogP contribution in [0.4, 0.5) is 5.69 Å². The van der Waals surface area contributed by atoms with Gasteiger partial charge in [-0.15, -0.1) is 0 Å². The highest BCUT2D eigenvalue weighted by Gasteiger charge is 2.38. The predicted octanol–water partition coefficient (Wildman–Crippen LogP) is 4.67. The molecule has 3 rings (SSSR count). The summed E-state index contributed by atoms with van der Waals surface area (Å²) < 4.78 is 18.1. The van der Waals surface area contributed by atoms with Crippen LogP contribution >= 0.6 is 0 Å². The number of benzene rings is 2. The van der Waals surface area contributed by atoms with E-state index in [4.69, 9.17) is 19.9 Å². The molecule has 28 heavy (non-hydrogen) atoms. The third-order valence-corrected chi connectivity index (χ3v) is 5.73. The number of carbonyl (C=O) groups excluding carboxylic acids is 1. The fraction of sp³-hybridized carbons (Fsp3) is 0.435. The van der Waals surface area contributed by atoms with Gasteiger partial charge in [0, 0.05) is 18.2 Å². The Bertz CT molecular complexity index is 889. The summed E-state index contributed by atoms with van der Waals surface area (Å²) in [5.41, 5.74) is 10.1. The summed E-state index contributed by atoms with van der Waals surface area (Å²) in [6.07, 6.45) is 2.54. The highest BCUT2D eigenvalue weighted by Crippen LogP contribution is 2.44. The molecule has 2 aromatic carbocycles. The van der Waals surface area contributed by atoms with Gasteiger partial charge in [-0.2, -0.15) is 0 Å². The number of fused-ring (bicyclic) bond motifs is 1. The van der Waals surface area contributed by atoms with Crippen LogP contribution in [0.5, 0.6) is 17.2 Å². The SMILES string of the molecule is CCC1(COc2ccc(N)cc2)CCc2c(C)c(OC(C)=O)c(C)c(C)c2O1. The van der Waals surface area contributed by atoms with Crippen LogP contribution in [0.25, 0.3) is 0 Å². The first-order valence-corrected chi connectivity index (χ1v) is 9.74. The Balaban J connectivity index is 1.89. The van der Waals surface area contributed by atoms with Crippen molar-refractivity contribution in [2.75, 3.05) is 12.3 Å². The zero-order valence-corrected chi connectivity index (χ0v) is 17.3. The Morgan fingerprint density at radius 3 is 2.43 bits per heavy atom. The lowest BCUT2D eigenvalue weighted by molar-refractivity contribution is -0.132. The Kier molecular flexibility index (Phi) is 5.54. The molecule has 1 unspecified atom stereocenters. The van der Waals surface area contributed by atoms with E-state index in [1.54, 1.807) is 0 Å². The smallest absolute Gasteiger partial charge is 0.308 e. The average Bonchev–Trinajstić information content (AvgIpc) is 2.69. The highest BCUT2D eigenvalue weighted by atomic mass is 16.5. The Morgan fingerprint density at radius 2 is 1.82 bits per heavy atom. The molecular weight excluding hydrogens is 354 g/mol. The van der Waals surface area contributed by atoms with Crippen molar-refractivity contribution in [2.45, 2.75) is 59.5 Å². The summed E-state index contributed by atoms with van der Waals surface area (Å²) in [6.45, 7) is 10.0. The van der Waals surface area contributed by atoms with Gasteiger partial charge in [0.2, 0.25) is 0 Å². The topological polar surface area (TPSA) is 70.8 Å². The first-order chi connectivity index (χ1) is 13.3. The summed E-state index contributed by atoms with van der Waals surface area (Å²) in [7, 11) is 0. The van der Waals surface area contributed by atoms with Crippen LogP contribution in [-0.2, 0) is 11.2 Å². The second-order valence-electron chi connectivity index (χ2n) is 7.60. The number of carbonyl (C=O) groups is 1. The van der Waals surface area contributed by atoms with E-state index in [9.17, 15) is 4.79 Å². The van der Waals surface area contributed by atoms with E-state index in [0.717, 1.165) is 53.0 Å². The lowest BCUT2D eigenvalue weighted by atomic mass is 9.85. The van der Waals surface area contributed by atoms with Gasteiger partial charge < -0.3 is 19.9 Å². The summed E-state index contributed by atoms with van der Waals surface area (Å²) in [5, 5.41) is 0. The normalized spacial score (nSPS) is 18.2. The van der Waals surface area contributed by atoms with Crippen LogP contribution in [0.3, 0.4) is 0 Å².